The third-order valence-electron chi connectivity index (χ3n) is 3.28. The molecule has 1 saturated carbocycles. The highest BCUT2D eigenvalue weighted by Gasteiger charge is 2.50. The third kappa shape index (κ3) is 0.838. The lowest BCUT2D eigenvalue weighted by Crippen LogP contribution is -2.33. The van der Waals surface area contributed by atoms with Crippen LogP contribution in [0.2, 0.25) is 0 Å². The van der Waals surface area contributed by atoms with Crippen molar-refractivity contribution in [3.05, 3.63) is 12.7 Å². The van der Waals surface area contributed by atoms with E-state index in [-0.39, 0.29) is 11.4 Å². The minimum atomic E-state index is -0.307. The Hall–Kier alpha value is -0.790. The van der Waals surface area contributed by atoms with Crippen LogP contribution in [0.25, 0.3) is 0 Å². The number of hydrogen-bond donors (Lipinski definition) is 0. The standard InChI is InChI=1S/C10H14O2/c1-2-10-6-4-3-5-8(10)7-12-9(10)11/h2,8H,1,3-7H2/t8-,10-/m0/s1. The first kappa shape index (κ1) is 7.84. The normalized spacial score (nSPS) is 40.3. The van der Waals surface area contributed by atoms with Crippen molar-refractivity contribution in [3.8, 4) is 0 Å². The summed E-state index contributed by atoms with van der Waals surface area (Å²) in [7, 11) is 0. The minimum absolute atomic E-state index is 0.0396. The lowest BCUT2D eigenvalue weighted by atomic mass is 9.68. The second-order valence-corrected chi connectivity index (χ2v) is 3.79. The molecule has 1 heterocycles. The van der Waals surface area contributed by atoms with Gasteiger partial charge in [0.15, 0.2) is 0 Å². The van der Waals surface area contributed by atoms with Crippen molar-refractivity contribution in [2.75, 3.05) is 6.61 Å². The van der Waals surface area contributed by atoms with Gasteiger partial charge in [-0.1, -0.05) is 18.9 Å². The molecule has 0 aromatic rings. The molecule has 2 heteroatoms. The van der Waals surface area contributed by atoms with Crippen molar-refractivity contribution in [1.82, 2.24) is 0 Å². The summed E-state index contributed by atoms with van der Waals surface area (Å²) in [5.74, 6) is 0.374. The van der Waals surface area contributed by atoms with Gasteiger partial charge < -0.3 is 4.74 Å². The van der Waals surface area contributed by atoms with Crippen LogP contribution in [-0.4, -0.2) is 12.6 Å². The van der Waals surface area contributed by atoms with Crippen LogP contribution in [0, 0.1) is 11.3 Å². The zero-order valence-electron chi connectivity index (χ0n) is 7.21. The average Bonchev–Trinajstić information content (AvgIpc) is 2.45. The van der Waals surface area contributed by atoms with Gasteiger partial charge >= 0.3 is 5.97 Å². The van der Waals surface area contributed by atoms with Gasteiger partial charge in [-0.3, -0.25) is 4.79 Å². The number of hydrogen-bond acceptors (Lipinski definition) is 2. The molecular weight excluding hydrogens is 152 g/mol. The average molecular weight is 166 g/mol. The van der Waals surface area contributed by atoms with E-state index in [1.165, 1.54) is 6.42 Å². The molecule has 1 aliphatic carbocycles. The van der Waals surface area contributed by atoms with Crippen molar-refractivity contribution in [3.63, 3.8) is 0 Å². The molecule has 12 heavy (non-hydrogen) atoms. The SMILES string of the molecule is C=C[C@]12CCCC[C@H]1COC2=O. The Bertz CT molecular complexity index is 222. The molecule has 0 aromatic heterocycles. The topological polar surface area (TPSA) is 26.3 Å². The lowest BCUT2D eigenvalue weighted by molar-refractivity contribution is -0.145. The van der Waals surface area contributed by atoms with Gasteiger partial charge in [0.2, 0.25) is 0 Å². The maximum Gasteiger partial charge on any atom is 0.316 e. The van der Waals surface area contributed by atoms with E-state index < -0.39 is 0 Å². The van der Waals surface area contributed by atoms with Gasteiger partial charge in [-0.2, -0.15) is 0 Å². The Kier molecular flexibility index (Phi) is 1.71. The molecular formula is C10H14O2. The predicted octanol–water partition coefficient (Wildman–Crippen LogP) is 1.91. The van der Waals surface area contributed by atoms with E-state index in [0.29, 0.717) is 12.5 Å². The van der Waals surface area contributed by atoms with Gasteiger partial charge in [-0.05, 0) is 12.8 Å². The number of carbonyl (C=O) groups excluding carboxylic acids is 1. The van der Waals surface area contributed by atoms with E-state index in [1.54, 1.807) is 0 Å². The summed E-state index contributed by atoms with van der Waals surface area (Å²) in [6, 6.07) is 0. The highest BCUT2D eigenvalue weighted by Crippen LogP contribution is 2.47. The molecule has 66 valence electrons. The molecule has 1 aliphatic heterocycles. The van der Waals surface area contributed by atoms with E-state index in [4.69, 9.17) is 4.74 Å². The van der Waals surface area contributed by atoms with Crippen LogP contribution < -0.4 is 0 Å². The van der Waals surface area contributed by atoms with Crippen LogP contribution in [-0.2, 0) is 9.53 Å². The van der Waals surface area contributed by atoms with Gasteiger partial charge in [0.1, 0.15) is 0 Å². The third-order valence-corrected chi connectivity index (χ3v) is 3.28. The first-order chi connectivity index (χ1) is 5.79. The summed E-state index contributed by atoms with van der Waals surface area (Å²) >= 11 is 0. The van der Waals surface area contributed by atoms with Crippen molar-refractivity contribution >= 4 is 5.97 Å². The molecule has 2 nitrogen and oxygen atoms in total. The number of rotatable bonds is 1. The summed E-state index contributed by atoms with van der Waals surface area (Å²) in [6.45, 7) is 4.38. The quantitative estimate of drug-likeness (QED) is 0.439. The van der Waals surface area contributed by atoms with Crippen LogP contribution in [0.3, 0.4) is 0 Å². The van der Waals surface area contributed by atoms with E-state index in [9.17, 15) is 4.79 Å². The molecule has 1 saturated heterocycles. The predicted molar refractivity (Wildman–Crippen MR) is 45.5 cm³/mol. The highest BCUT2D eigenvalue weighted by atomic mass is 16.5. The Morgan fingerprint density at radius 3 is 3.08 bits per heavy atom. The maximum absolute atomic E-state index is 11.5. The molecule has 0 aromatic carbocycles. The number of fused-ring (bicyclic) bond motifs is 1. The largest absolute Gasteiger partial charge is 0.465 e. The smallest absolute Gasteiger partial charge is 0.316 e. The Balaban J connectivity index is 2.30. The van der Waals surface area contributed by atoms with Crippen LogP contribution in [0.4, 0.5) is 0 Å². The van der Waals surface area contributed by atoms with Gasteiger partial charge in [-0.25, -0.2) is 0 Å². The summed E-state index contributed by atoms with van der Waals surface area (Å²) in [5, 5.41) is 0. The van der Waals surface area contributed by atoms with Gasteiger partial charge in [-0.15, -0.1) is 6.58 Å². The fourth-order valence-electron chi connectivity index (χ4n) is 2.43. The van der Waals surface area contributed by atoms with Gasteiger partial charge in [0.05, 0.1) is 12.0 Å². The van der Waals surface area contributed by atoms with E-state index in [0.717, 1.165) is 19.3 Å². The number of cyclic esters (lactones) is 1. The Morgan fingerprint density at radius 2 is 2.42 bits per heavy atom. The molecule has 0 bridgehead atoms. The molecule has 2 rings (SSSR count). The second-order valence-electron chi connectivity index (χ2n) is 3.79. The molecule has 0 radical (unpaired) electrons. The van der Waals surface area contributed by atoms with Gasteiger partial charge in [0, 0.05) is 5.92 Å². The molecule has 2 atom stereocenters. The highest BCUT2D eigenvalue weighted by molar-refractivity contribution is 5.81. The van der Waals surface area contributed by atoms with Crippen LogP contribution in [0.1, 0.15) is 25.7 Å². The molecule has 2 aliphatic rings. The number of esters is 1. The fraction of sp³-hybridized carbons (Fsp3) is 0.700. The Labute approximate surface area is 72.6 Å². The van der Waals surface area contributed by atoms with Crippen molar-refractivity contribution in [2.24, 2.45) is 11.3 Å². The first-order valence-corrected chi connectivity index (χ1v) is 4.60. The van der Waals surface area contributed by atoms with Gasteiger partial charge in [0.25, 0.3) is 0 Å². The molecule has 0 amide bonds. The summed E-state index contributed by atoms with van der Waals surface area (Å²) < 4.78 is 5.08. The lowest BCUT2D eigenvalue weighted by Gasteiger charge is -2.31. The van der Waals surface area contributed by atoms with Crippen LogP contribution in [0.5, 0.6) is 0 Å². The zero-order valence-corrected chi connectivity index (χ0v) is 7.21. The van der Waals surface area contributed by atoms with Crippen molar-refractivity contribution in [2.45, 2.75) is 25.7 Å². The molecule has 2 fully saturated rings. The van der Waals surface area contributed by atoms with Crippen molar-refractivity contribution in [1.29, 1.82) is 0 Å². The number of carbonyl (C=O) groups is 1. The second kappa shape index (κ2) is 2.61. The van der Waals surface area contributed by atoms with Crippen molar-refractivity contribution < 1.29 is 9.53 Å². The summed E-state index contributed by atoms with van der Waals surface area (Å²) in [5.41, 5.74) is -0.307. The zero-order chi connectivity index (χ0) is 8.60. The van der Waals surface area contributed by atoms with E-state index in [1.807, 2.05) is 6.08 Å². The minimum Gasteiger partial charge on any atom is -0.465 e. The first-order valence-electron chi connectivity index (χ1n) is 4.60. The Morgan fingerprint density at radius 1 is 1.58 bits per heavy atom. The maximum atomic E-state index is 11.5. The van der Waals surface area contributed by atoms with E-state index in [2.05, 4.69) is 6.58 Å². The molecule has 0 N–H and O–H groups in total. The monoisotopic (exact) mass is 166 g/mol. The van der Waals surface area contributed by atoms with Crippen LogP contribution in [0.15, 0.2) is 12.7 Å². The molecule has 0 spiro atoms. The fourth-order valence-corrected chi connectivity index (χ4v) is 2.43. The number of ether oxygens (including phenoxy) is 1. The summed E-state index contributed by atoms with van der Waals surface area (Å²) in [6.07, 6.45) is 6.25. The van der Waals surface area contributed by atoms with Crippen LogP contribution >= 0.6 is 0 Å². The van der Waals surface area contributed by atoms with E-state index >= 15 is 0 Å². The molecule has 0 unspecified atom stereocenters. The summed E-state index contributed by atoms with van der Waals surface area (Å²) in [4.78, 5) is 11.5.